The monoisotopic (exact) mass is 239 g/mol. The summed E-state index contributed by atoms with van der Waals surface area (Å²) in [4.78, 5) is 10.7. The molecular formula is C13H21NO3. The van der Waals surface area contributed by atoms with Crippen molar-refractivity contribution in [2.75, 3.05) is 7.11 Å². The van der Waals surface area contributed by atoms with E-state index in [1.807, 2.05) is 13.0 Å². The van der Waals surface area contributed by atoms with Crippen LogP contribution < -0.4 is 5.32 Å². The molecule has 17 heavy (non-hydrogen) atoms. The zero-order chi connectivity index (χ0) is 13.3. The third kappa shape index (κ3) is 8.13. The maximum Gasteiger partial charge on any atom is 0.410 e. The van der Waals surface area contributed by atoms with Crippen LogP contribution in [-0.4, -0.2) is 13.2 Å². The van der Waals surface area contributed by atoms with Crippen molar-refractivity contribution in [2.24, 2.45) is 5.92 Å². The predicted molar refractivity (Wildman–Crippen MR) is 68.1 cm³/mol. The molecule has 96 valence electrons. The number of hydrogen-bond donors (Lipinski definition) is 1. The molecule has 0 aromatic rings. The normalized spacial score (nSPS) is 11.9. The van der Waals surface area contributed by atoms with Crippen molar-refractivity contribution in [3.05, 3.63) is 37.0 Å². The minimum absolute atomic E-state index is 0.245. The van der Waals surface area contributed by atoms with Crippen molar-refractivity contribution in [1.29, 1.82) is 0 Å². The molecule has 0 saturated carbocycles. The van der Waals surface area contributed by atoms with Gasteiger partial charge in [-0.25, -0.2) is 4.79 Å². The first kappa shape index (κ1) is 15.3. The van der Waals surface area contributed by atoms with Gasteiger partial charge in [-0.15, -0.1) is 0 Å². The van der Waals surface area contributed by atoms with Gasteiger partial charge in [0.15, 0.2) is 0 Å². The fourth-order valence-corrected chi connectivity index (χ4v) is 1.10. The molecule has 0 aromatic carbocycles. The highest BCUT2D eigenvalue weighted by Gasteiger charge is 2.07. The minimum atomic E-state index is -0.468. The van der Waals surface area contributed by atoms with Crippen molar-refractivity contribution >= 4 is 6.09 Å². The van der Waals surface area contributed by atoms with Gasteiger partial charge < -0.3 is 9.47 Å². The number of hydrogen-bond acceptors (Lipinski definition) is 3. The summed E-state index contributed by atoms with van der Waals surface area (Å²) in [6, 6.07) is 0. The number of alkyl carbamates (subject to hydrolysis) is 1. The number of rotatable bonds is 7. The van der Waals surface area contributed by atoms with Crippen molar-refractivity contribution in [3.63, 3.8) is 0 Å². The number of carbonyl (C=O) groups excluding carboxylic acids is 1. The molecule has 4 nitrogen and oxygen atoms in total. The van der Waals surface area contributed by atoms with Crippen LogP contribution in [0.3, 0.4) is 0 Å². The number of allylic oxidation sites excluding steroid dienone is 3. The molecule has 1 amide bonds. The molecule has 0 aliphatic carbocycles. The molecule has 0 aromatic heterocycles. The third-order valence-electron chi connectivity index (χ3n) is 2.13. The summed E-state index contributed by atoms with van der Waals surface area (Å²) in [5.41, 5.74) is 0. The Balaban J connectivity index is 3.77. The smallest absolute Gasteiger partial charge is 0.410 e. The topological polar surface area (TPSA) is 47.6 Å². The van der Waals surface area contributed by atoms with Gasteiger partial charge in [-0.3, -0.25) is 5.32 Å². The maximum atomic E-state index is 10.7. The van der Waals surface area contributed by atoms with Crippen molar-refractivity contribution in [2.45, 2.75) is 26.7 Å². The van der Waals surface area contributed by atoms with Crippen molar-refractivity contribution in [1.82, 2.24) is 5.32 Å². The first-order valence-corrected chi connectivity index (χ1v) is 5.49. The molecule has 0 fully saturated rings. The Kier molecular flexibility index (Phi) is 7.59. The van der Waals surface area contributed by atoms with E-state index in [0.717, 1.165) is 12.8 Å². The zero-order valence-electron chi connectivity index (χ0n) is 10.8. The van der Waals surface area contributed by atoms with E-state index in [1.165, 1.54) is 7.11 Å². The number of nitrogens with one attached hydrogen (secondary N) is 1. The first-order chi connectivity index (χ1) is 7.97. The Morgan fingerprint density at radius 1 is 1.47 bits per heavy atom. The molecule has 1 N–H and O–H groups in total. The van der Waals surface area contributed by atoms with Crippen LogP contribution in [0.1, 0.15) is 26.7 Å². The van der Waals surface area contributed by atoms with Crippen LogP contribution in [0.5, 0.6) is 0 Å². The van der Waals surface area contributed by atoms with Crippen LogP contribution in [0.15, 0.2) is 37.0 Å². The first-order valence-electron chi connectivity index (χ1n) is 5.49. The van der Waals surface area contributed by atoms with Crippen molar-refractivity contribution < 1.29 is 14.3 Å². The van der Waals surface area contributed by atoms with E-state index in [4.69, 9.17) is 4.74 Å². The molecule has 0 aliphatic rings. The summed E-state index contributed by atoms with van der Waals surface area (Å²) < 4.78 is 9.74. The predicted octanol–water partition coefficient (Wildman–Crippen LogP) is 3.34. The molecule has 0 rings (SSSR count). The Morgan fingerprint density at radius 3 is 2.65 bits per heavy atom. The molecule has 0 saturated heterocycles. The maximum absolute atomic E-state index is 10.7. The van der Waals surface area contributed by atoms with E-state index in [9.17, 15) is 4.79 Å². The number of ether oxygens (including phenoxy) is 2. The fraction of sp³-hybridized carbons (Fsp3) is 0.462. The summed E-state index contributed by atoms with van der Waals surface area (Å²) in [6.45, 7) is 11.3. The highest BCUT2D eigenvalue weighted by molar-refractivity contribution is 5.68. The van der Waals surface area contributed by atoms with Gasteiger partial charge >= 0.3 is 6.09 Å². The van der Waals surface area contributed by atoms with E-state index in [2.05, 4.69) is 23.2 Å². The van der Waals surface area contributed by atoms with Crippen LogP contribution in [-0.2, 0) is 9.47 Å². The average molecular weight is 239 g/mol. The quantitative estimate of drug-likeness (QED) is 0.693. The summed E-state index contributed by atoms with van der Waals surface area (Å²) in [6.07, 6.45) is 4.68. The molecule has 0 bridgehead atoms. The molecular weight excluding hydrogens is 218 g/mol. The number of amides is 1. The van der Waals surface area contributed by atoms with E-state index >= 15 is 0 Å². The summed E-state index contributed by atoms with van der Waals surface area (Å²) in [5.74, 6) is 1.60. The lowest BCUT2D eigenvalue weighted by Gasteiger charge is -2.14. The van der Waals surface area contributed by atoms with Crippen LogP contribution in [0.4, 0.5) is 4.79 Å². The van der Waals surface area contributed by atoms with Crippen LogP contribution >= 0.6 is 0 Å². The average Bonchev–Trinajstić information content (AvgIpc) is 2.26. The minimum Gasteiger partial charge on any atom is -0.467 e. The molecule has 1 atom stereocenters. The van der Waals surface area contributed by atoms with Gasteiger partial charge in [-0.05, 0) is 19.8 Å². The highest BCUT2D eigenvalue weighted by Crippen LogP contribution is 2.18. The summed E-state index contributed by atoms with van der Waals surface area (Å²) in [7, 11) is 1.32. The second kappa shape index (κ2) is 8.44. The summed E-state index contributed by atoms with van der Waals surface area (Å²) in [5, 5.41) is 2.46. The Labute approximate surface area is 103 Å². The lowest BCUT2D eigenvalue weighted by Crippen LogP contribution is -2.16. The van der Waals surface area contributed by atoms with Gasteiger partial charge in [0.05, 0.1) is 18.6 Å². The Bertz CT molecular complexity index is 308. The van der Waals surface area contributed by atoms with Gasteiger partial charge in [0.1, 0.15) is 0 Å². The molecule has 4 heteroatoms. The number of methoxy groups -OCH3 is 1. The van der Waals surface area contributed by atoms with Gasteiger partial charge in [0.25, 0.3) is 0 Å². The van der Waals surface area contributed by atoms with Gasteiger partial charge in [-0.2, -0.15) is 0 Å². The third-order valence-corrected chi connectivity index (χ3v) is 2.13. The lowest BCUT2D eigenvalue weighted by molar-refractivity contribution is 0.175. The second-order valence-electron chi connectivity index (χ2n) is 3.79. The molecule has 0 aliphatic heterocycles. The lowest BCUT2D eigenvalue weighted by atomic mass is 10.0. The molecule has 0 heterocycles. The van der Waals surface area contributed by atoms with Crippen LogP contribution in [0, 0.1) is 5.92 Å². The van der Waals surface area contributed by atoms with Gasteiger partial charge in [-0.1, -0.05) is 26.2 Å². The van der Waals surface area contributed by atoms with Gasteiger partial charge in [0.2, 0.25) is 0 Å². The second-order valence-corrected chi connectivity index (χ2v) is 3.79. The van der Waals surface area contributed by atoms with Crippen molar-refractivity contribution in [3.8, 4) is 0 Å². The largest absolute Gasteiger partial charge is 0.467 e. The highest BCUT2D eigenvalue weighted by atomic mass is 16.5. The fourth-order valence-electron chi connectivity index (χ4n) is 1.10. The van der Waals surface area contributed by atoms with E-state index in [0.29, 0.717) is 11.5 Å². The Morgan fingerprint density at radius 2 is 2.12 bits per heavy atom. The van der Waals surface area contributed by atoms with E-state index < -0.39 is 6.09 Å². The zero-order valence-corrected chi connectivity index (χ0v) is 10.8. The molecule has 1 unspecified atom stereocenters. The standard InChI is InChI=1S/C13H21NO3/c1-10(2)17-12(4)11(3)8-6-7-9-14-13(15)16-5/h7,9,11H,1,4,6,8H2,2-3,5H3,(H,14,15)/b9-7+. The van der Waals surface area contributed by atoms with E-state index in [1.54, 1.807) is 13.1 Å². The Hall–Kier alpha value is -1.71. The van der Waals surface area contributed by atoms with Crippen LogP contribution in [0.2, 0.25) is 0 Å². The SMILES string of the molecule is C=C(C)OC(=C)C(C)CC/C=C/NC(=O)OC. The molecule has 0 radical (unpaired) electrons. The van der Waals surface area contributed by atoms with Gasteiger partial charge in [0, 0.05) is 12.1 Å². The number of carbonyl (C=O) groups is 1. The molecule has 0 spiro atoms. The van der Waals surface area contributed by atoms with E-state index in [-0.39, 0.29) is 5.92 Å². The van der Waals surface area contributed by atoms with Crippen LogP contribution in [0.25, 0.3) is 0 Å². The summed E-state index contributed by atoms with van der Waals surface area (Å²) >= 11 is 0.